The summed E-state index contributed by atoms with van der Waals surface area (Å²) in [6.07, 6.45) is 3.68. The van der Waals surface area contributed by atoms with Gasteiger partial charge in [0, 0.05) is 42.6 Å². The van der Waals surface area contributed by atoms with Gasteiger partial charge in [-0.25, -0.2) is 9.59 Å². The minimum Gasteiger partial charge on any atom is -0.461 e. The number of esters is 2. The number of nitrogens with zero attached hydrogens (tertiary/aromatic N) is 1. The molecule has 0 saturated carbocycles. The third-order valence-corrected chi connectivity index (χ3v) is 4.09. The van der Waals surface area contributed by atoms with Gasteiger partial charge in [-0.2, -0.15) is 0 Å². The van der Waals surface area contributed by atoms with Gasteiger partial charge in [0.1, 0.15) is 12.7 Å². The molecule has 5 heteroatoms. The zero-order chi connectivity index (χ0) is 17.0. The Bertz CT molecular complexity index is 436. The van der Waals surface area contributed by atoms with Gasteiger partial charge in [-0.05, 0) is 27.7 Å². The molecular weight excluding hydrogens is 282 g/mol. The number of hydrogen-bond acceptors (Lipinski definition) is 5. The van der Waals surface area contributed by atoms with Crippen molar-refractivity contribution in [2.45, 2.75) is 57.7 Å². The minimum atomic E-state index is -0.412. The lowest BCUT2D eigenvalue weighted by Crippen LogP contribution is -2.63. The number of carbonyl (C=O) groups is 2. The van der Waals surface area contributed by atoms with E-state index in [0.717, 1.165) is 18.9 Å². The van der Waals surface area contributed by atoms with E-state index < -0.39 is 5.97 Å². The Morgan fingerprint density at radius 1 is 1.09 bits per heavy atom. The largest absolute Gasteiger partial charge is 0.461 e. The number of hydrogen-bond donors (Lipinski definition) is 0. The average molecular weight is 309 g/mol. The number of likely N-dealkylation sites (tertiary alicyclic amines) is 1. The lowest BCUT2D eigenvalue weighted by atomic mass is 9.78. The standard InChI is InChI=1S/C17H27NO4/c1-7-14(19)21-10-9-18-16(3,4)11-13(12-17(18,5)6)22-15(20)8-2/h7-8,13H,1-2,9-12H2,3-6H3. The molecule has 1 heterocycles. The van der Waals surface area contributed by atoms with Crippen LogP contribution in [0.3, 0.4) is 0 Å². The Kier molecular flexibility index (Phi) is 5.94. The second-order valence-electron chi connectivity index (χ2n) is 6.82. The Morgan fingerprint density at radius 3 is 2.05 bits per heavy atom. The van der Waals surface area contributed by atoms with Crippen LogP contribution in [0.15, 0.2) is 25.3 Å². The smallest absolute Gasteiger partial charge is 0.330 e. The van der Waals surface area contributed by atoms with Crippen molar-refractivity contribution in [3.8, 4) is 0 Å². The zero-order valence-corrected chi connectivity index (χ0v) is 14.1. The van der Waals surface area contributed by atoms with Crippen LogP contribution < -0.4 is 0 Å². The molecule has 0 unspecified atom stereocenters. The van der Waals surface area contributed by atoms with Crippen LogP contribution in [0.2, 0.25) is 0 Å². The Morgan fingerprint density at radius 2 is 1.59 bits per heavy atom. The van der Waals surface area contributed by atoms with Crippen molar-refractivity contribution < 1.29 is 19.1 Å². The molecular formula is C17H27NO4. The van der Waals surface area contributed by atoms with E-state index in [-0.39, 0.29) is 23.2 Å². The molecule has 0 aromatic carbocycles. The van der Waals surface area contributed by atoms with Crippen molar-refractivity contribution in [2.75, 3.05) is 13.2 Å². The Balaban J connectivity index is 2.74. The first-order valence-electron chi connectivity index (χ1n) is 7.52. The molecule has 1 saturated heterocycles. The van der Waals surface area contributed by atoms with Crippen molar-refractivity contribution in [3.05, 3.63) is 25.3 Å². The van der Waals surface area contributed by atoms with E-state index >= 15 is 0 Å². The van der Waals surface area contributed by atoms with Crippen molar-refractivity contribution in [2.24, 2.45) is 0 Å². The predicted octanol–water partition coefficient (Wildman–Crippen LogP) is 2.47. The quantitative estimate of drug-likeness (QED) is 0.557. The van der Waals surface area contributed by atoms with Gasteiger partial charge in [0.25, 0.3) is 0 Å². The van der Waals surface area contributed by atoms with E-state index in [1.165, 1.54) is 6.08 Å². The molecule has 0 aromatic heterocycles. The van der Waals surface area contributed by atoms with Gasteiger partial charge >= 0.3 is 11.9 Å². The molecule has 0 N–H and O–H groups in total. The fourth-order valence-corrected chi connectivity index (χ4v) is 3.42. The van der Waals surface area contributed by atoms with Crippen LogP contribution in [0, 0.1) is 0 Å². The number of rotatable bonds is 6. The van der Waals surface area contributed by atoms with Crippen molar-refractivity contribution in [1.29, 1.82) is 0 Å². The van der Waals surface area contributed by atoms with Gasteiger partial charge in [-0.15, -0.1) is 0 Å². The maximum absolute atomic E-state index is 11.4. The molecule has 0 aliphatic carbocycles. The van der Waals surface area contributed by atoms with Gasteiger partial charge in [0.05, 0.1) is 0 Å². The fourth-order valence-electron chi connectivity index (χ4n) is 3.42. The first-order chi connectivity index (χ1) is 10.1. The highest BCUT2D eigenvalue weighted by molar-refractivity contribution is 5.81. The normalized spacial score (nSPS) is 20.9. The van der Waals surface area contributed by atoms with Crippen LogP contribution >= 0.6 is 0 Å². The van der Waals surface area contributed by atoms with E-state index in [2.05, 4.69) is 45.8 Å². The molecule has 22 heavy (non-hydrogen) atoms. The van der Waals surface area contributed by atoms with Crippen LogP contribution in [0.25, 0.3) is 0 Å². The highest BCUT2D eigenvalue weighted by Crippen LogP contribution is 2.39. The van der Waals surface area contributed by atoms with E-state index in [9.17, 15) is 9.59 Å². The molecule has 1 rings (SSSR count). The molecule has 5 nitrogen and oxygen atoms in total. The zero-order valence-electron chi connectivity index (χ0n) is 14.1. The van der Waals surface area contributed by atoms with Crippen LogP contribution in [0.5, 0.6) is 0 Å². The molecule has 0 amide bonds. The summed E-state index contributed by atoms with van der Waals surface area (Å²) in [4.78, 5) is 24.9. The van der Waals surface area contributed by atoms with Crippen LogP contribution in [-0.2, 0) is 19.1 Å². The van der Waals surface area contributed by atoms with E-state index in [0.29, 0.717) is 13.2 Å². The molecule has 1 fully saturated rings. The Hall–Kier alpha value is -1.62. The van der Waals surface area contributed by atoms with Crippen LogP contribution in [0.1, 0.15) is 40.5 Å². The van der Waals surface area contributed by atoms with Gasteiger partial charge in [0.2, 0.25) is 0 Å². The summed E-state index contributed by atoms with van der Waals surface area (Å²) in [6, 6.07) is 0. The number of piperidine rings is 1. The van der Waals surface area contributed by atoms with Gasteiger partial charge in [-0.3, -0.25) is 4.90 Å². The molecule has 1 aliphatic rings. The summed E-state index contributed by atoms with van der Waals surface area (Å²) in [6.45, 7) is 16.2. The lowest BCUT2D eigenvalue weighted by molar-refractivity contribution is -0.157. The predicted molar refractivity (Wildman–Crippen MR) is 85.3 cm³/mol. The molecule has 0 bridgehead atoms. The Labute approximate surface area is 133 Å². The maximum atomic E-state index is 11.4. The molecule has 1 aliphatic heterocycles. The first-order valence-corrected chi connectivity index (χ1v) is 7.52. The van der Waals surface area contributed by atoms with Crippen molar-refractivity contribution in [3.63, 3.8) is 0 Å². The number of carbonyl (C=O) groups excluding carboxylic acids is 2. The van der Waals surface area contributed by atoms with E-state index in [1.807, 2.05) is 0 Å². The maximum Gasteiger partial charge on any atom is 0.330 e. The second kappa shape index (κ2) is 7.09. The molecule has 0 spiro atoms. The van der Waals surface area contributed by atoms with Gasteiger partial charge in [0.15, 0.2) is 0 Å². The van der Waals surface area contributed by atoms with Crippen LogP contribution in [0.4, 0.5) is 0 Å². The monoisotopic (exact) mass is 309 g/mol. The summed E-state index contributed by atoms with van der Waals surface area (Å²) >= 11 is 0. The highest BCUT2D eigenvalue weighted by Gasteiger charge is 2.46. The third kappa shape index (κ3) is 4.70. The minimum absolute atomic E-state index is 0.137. The van der Waals surface area contributed by atoms with Gasteiger partial charge in [-0.1, -0.05) is 13.2 Å². The average Bonchev–Trinajstić information content (AvgIpc) is 2.40. The van der Waals surface area contributed by atoms with E-state index in [1.54, 1.807) is 0 Å². The molecule has 0 radical (unpaired) electrons. The summed E-state index contributed by atoms with van der Waals surface area (Å²) < 4.78 is 10.5. The summed E-state index contributed by atoms with van der Waals surface area (Å²) in [5, 5.41) is 0. The molecule has 0 aromatic rings. The SMILES string of the molecule is C=CC(=O)OCCN1C(C)(C)CC(OC(=O)C=C)CC1(C)C. The molecule has 124 valence electrons. The summed E-state index contributed by atoms with van der Waals surface area (Å²) in [7, 11) is 0. The van der Waals surface area contributed by atoms with Crippen molar-refractivity contribution >= 4 is 11.9 Å². The lowest BCUT2D eigenvalue weighted by Gasteiger charge is -2.54. The topological polar surface area (TPSA) is 55.8 Å². The van der Waals surface area contributed by atoms with Gasteiger partial charge < -0.3 is 9.47 Å². The second-order valence-corrected chi connectivity index (χ2v) is 6.82. The number of ether oxygens (including phenoxy) is 2. The molecule has 0 atom stereocenters. The summed E-state index contributed by atoms with van der Waals surface area (Å²) in [5.74, 6) is -0.796. The third-order valence-electron chi connectivity index (χ3n) is 4.09. The summed E-state index contributed by atoms with van der Waals surface area (Å²) in [5.41, 5.74) is -0.344. The first kappa shape index (κ1) is 18.4. The van der Waals surface area contributed by atoms with E-state index in [4.69, 9.17) is 9.47 Å². The fraction of sp³-hybridized carbons (Fsp3) is 0.647. The van der Waals surface area contributed by atoms with Crippen LogP contribution in [-0.4, -0.2) is 47.2 Å². The van der Waals surface area contributed by atoms with Crippen molar-refractivity contribution in [1.82, 2.24) is 4.90 Å². The highest BCUT2D eigenvalue weighted by atomic mass is 16.5.